The molecular weight excluding hydrogens is 244 g/mol. The van der Waals surface area contributed by atoms with E-state index in [1.807, 2.05) is 13.8 Å². The minimum Gasteiger partial charge on any atom is -0.466 e. The molecule has 1 atom stereocenters. The summed E-state index contributed by atoms with van der Waals surface area (Å²) in [6.45, 7) is 6.20. The van der Waals surface area contributed by atoms with E-state index >= 15 is 0 Å². The molecule has 1 saturated heterocycles. The van der Waals surface area contributed by atoms with Crippen LogP contribution in [0.3, 0.4) is 0 Å². The van der Waals surface area contributed by atoms with Crippen molar-refractivity contribution in [3.8, 4) is 11.3 Å². The largest absolute Gasteiger partial charge is 0.466 e. The Balaban J connectivity index is 1.86. The number of aromatic nitrogens is 1. The van der Waals surface area contributed by atoms with Crippen molar-refractivity contribution >= 4 is 11.3 Å². The maximum atomic E-state index is 5.58. The molecule has 0 bridgehead atoms. The summed E-state index contributed by atoms with van der Waals surface area (Å²) in [5.41, 5.74) is 2.20. The van der Waals surface area contributed by atoms with Gasteiger partial charge in [0.2, 0.25) is 0 Å². The average Bonchev–Trinajstić information content (AvgIpc) is 2.97. The van der Waals surface area contributed by atoms with Crippen molar-refractivity contribution in [1.29, 1.82) is 0 Å². The summed E-state index contributed by atoms with van der Waals surface area (Å²) in [4.78, 5) is 4.80. The molecule has 96 valence electrons. The Bertz CT molecular complexity index is 538. The first-order valence-electron chi connectivity index (χ1n) is 6.47. The summed E-state index contributed by atoms with van der Waals surface area (Å²) in [5, 5.41) is 6.86. The maximum Gasteiger partial charge on any atom is 0.110 e. The third-order valence-corrected chi connectivity index (χ3v) is 4.49. The van der Waals surface area contributed by atoms with Gasteiger partial charge in [-0.3, -0.25) is 0 Å². The van der Waals surface area contributed by atoms with Crippen molar-refractivity contribution in [2.75, 3.05) is 13.1 Å². The van der Waals surface area contributed by atoms with Gasteiger partial charge in [0.05, 0.1) is 10.7 Å². The molecule has 18 heavy (non-hydrogen) atoms. The van der Waals surface area contributed by atoms with E-state index in [2.05, 4.69) is 16.8 Å². The Kier molecular flexibility index (Phi) is 3.22. The van der Waals surface area contributed by atoms with Gasteiger partial charge in [-0.2, -0.15) is 0 Å². The summed E-state index contributed by atoms with van der Waals surface area (Å²) in [5.74, 6) is 2.51. The van der Waals surface area contributed by atoms with Gasteiger partial charge in [-0.15, -0.1) is 11.3 Å². The third kappa shape index (κ3) is 2.22. The van der Waals surface area contributed by atoms with E-state index in [4.69, 9.17) is 9.40 Å². The van der Waals surface area contributed by atoms with E-state index < -0.39 is 0 Å². The van der Waals surface area contributed by atoms with Crippen LogP contribution in [0, 0.1) is 13.8 Å². The zero-order valence-electron chi connectivity index (χ0n) is 10.8. The van der Waals surface area contributed by atoms with Gasteiger partial charge < -0.3 is 9.73 Å². The molecule has 4 heteroatoms. The highest BCUT2D eigenvalue weighted by molar-refractivity contribution is 7.10. The zero-order valence-corrected chi connectivity index (χ0v) is 11.6. The lowest BCUT2D eigenvalue weighted by Gasteiger charge is -2.20. The van der Waals surface area contributed by atoms with Crippen molar-refractivity contribution in [3.05, 3.63) is 28.0 Å². The minimum absolute atomic E-state index is 0.589. The SMILES string of the molecule is Cc1cc(-c2csc(C3CCCNC3)n2)c(C)o1. The summed E-state index contributed by atoms with van der Waals surface area (Å²) < 4.78 is 5.58. The van der Waals surface area contributed by atoms with E-state index in [0.717, 1.165) is 35.9 Å². The molecule has 3 rings (SSSR count). The Morgan fingerprint density at radius 2 is 2.33 bits per heavy atom. The van der Waals surface area contributed by atoms with Crippen molar-refractivity contribution in [1.82, 2.24) is 10.3 Å². The van der Waals surface area contributed by atoms with Crippen LogP contribution in [0.2, 0.25) is 0 Å². The van der Waals surface area contributed by atoms with Gasteiger partial charge in [-0.1, -0.05) is 0 Å². The van der Waals surface area contributed by atoms with Crippen LogP contribution in [0.1, 0.15) is 35.3 Å². The summed E-state index contributed by atoms with van der Waals surface area (Å²) in [6, 6.07) is 2.08. The molecule has 2 aromatic rings. The molecule has 0 aromatic carbocycles. The molecule has 0 amide bonds. The van der Waals surface area contributed by atoms with Gasteiger partial charge in [-0.05, 0) is 39.3 Å². The zero-order chi connectivity index (χ0) is 12.5. The van der Waals surface area contributed by atoms with Crippen LogP contribution in [-0.4, -0.2) is 18.1 Å². The number of hydrogen-bond acceptors (Lipinski definition) is 4. The highest BCUT2D eigenvalue weighted by atomic mass is 32.1. The molecule has 0 spiro atoms. The molecule has 1 fully saturated rings. The van der Waals surface area contributed by atoms with Crippen molar-refractivity contribution < 1.29 is 4.42 Å². The molecule has 0 saturated carbocycles. The molecule has 0 aliphatic carbocycles. The third-order valence-electron chi connectivity index (χ3n) is 3.48. The van der Waals surface area contributed by atoms with Gasteiger partial charge in [0.15, 0.2) is 0 Å². The number of aryl methyl sites for hydroxylation is 2. The van der Waals surface area contributed by atoms with E-state index in [-0.39, 0.29) is 0 Å². The summed E-state index contributed by atoms with van der Waals surface area (Å²) in [7, 11) is 0. The number of hydrogen-bond donors (Lipinski definition) is 1. The molecular formula is C14H18N2OS. The Morgan fingerprint density at radius 1 is 1.44 bits per heavy atom. The fraction of sp³-hybridized carbons (Fsp3) is 0.500. The number of nitrogens with one attached hydrogen (secondary N) is 1. The monoisotopic (exact) mass is 262 g/mol. The van der Waals surface area contributed by atoms with Gasteiger partial charge in [0, 0.05) is 23.4 Å². The molecule has 1 aliphatic heterocycles. The highest BCUT2D eigenvalue weighted by Crippen LogP contribution is 2.32. The molecule has 0 radical (unpaired) electrons. The summed E-state index contributed by atoms with van der Waals surface area (Å²) in [6.07, 6.45) is 2.51. The second-order valence-electron chi connectivity index (χ2n) is 4.94. The van der Waals surface area contributed by atoms with Crippen LogP contribution in [-0.2, 0) is 0 Å². The quantitative estimate of drug-likeness (QED) is 0.900. The van der Waals surface area contributed by atoms with Gasteiger partial charge >= 0.3 is 0 Å². The Labute approximate surface area is 111 Å². The Morgan fingerprint density at radius 3 is 3.00 bits per heavy atom. The molecule has 1 N–H and O–H groups in total. The number of thiazole rings is 1. The van der Waals surface area contributed by atoms with Crippen LogP contribution >= 0.6 is 11.3 Å². The highest BCUT2D eigenvalue weighted by Gasteiger charge is 2.19. The van der Waals surface area contributed by atoms with E-state index in [1.165, 1.54) is 17.8 Å². The van der Waals surface area contributed by atoms with Crippen LogP contribution in [0.5, 0.6) is 0 Å². The van der Waals surface area contributed by atoms with Gasteiger partial charge in [0.1, 0.15) is 11.5 Å². The first-order valence-corrected chi connectivity index (χ1v) is 7.35. The predicted molar refractivity (Wildman–Crippen MR) is 74.1 cm³/mol. The lowest BCUT2D eigenvalue weighted by atomic mass is 10.0. The second kappa shape index (κ2) is 4.86. The van der Waals surface area contributed by atoms with Crippen LogP contribution in [0.4, 0.5) is 0 Å². The maximum absolute atomic E-state index is 5.58. The van der Waals surface area contributed by atoms with Gasteiger partial charge in [-0.25, -0.2) is 4.98 Å². The molecule has 1 aliphatic rings. The summed E-state index contributed by atoms with van der Waals surface area (Å²) >= 11 is 1.78. The number of nitrogens with zero attached hydrogens (tertiary/aromatic N) is 1. The topological polar surface area (TPSA) is 38.1 Å². The lowest BCUT2D eigenvalue weighted by Crippen LogP contribution is -2.28. The number of furan rings is 1. The average molecular weight is 262 g/mol. The Hall–Kier alpha value is -1.13. The first kappa shape index (κ1) is 11.9. The van der Waals surface area contributed by atoms with E-state index in [9.17, 15) is 0 Å². The second-order valence-corrected chi connectivity index (χ2v) is 5.83. The van der Waals surface area contributed by atoms with Crippen molar-refractivity contribution in [2.45, 2.75) is 32.6 Å². The molecule has 1 unspecified atom stereocenters. The minimum atomic E-state index is 0.589. The first-order chi connectivity index (χ1) is 8.74. The standard InChI is InChI=1S/C14H18N2OS/c1-9-6-12(10(2)17-9)13-8-18-14(16-13)11-4-3-5-15-7-11/h6,8,11,15H,3-5,7H2,1-2H3. The predicted octanol–water partition coefficient (Wildman–Crippen LogP) is 3.49. The normalized spacial score (nSPS) is 20.2. The number of piperidine rings is 1. The van der Waals surface area contributed by atoms with Crippen LogP contribution in [0.15, 0.2) is 15.9 Å². The number of rotatable bonds is 2. The molecule has 2 aromatic heterocycles. The molecule has 3 heterocycles. The van der Waals surface area contributed by atoms with Crippen molar-refractivity contribution in [3.63, 3.8) is 0 Å². The van der Waals surface area contributed by atoms with Crippen molar-refractivity contribution in [2.24, 2.45) is 0 Å². The fourth-order valence-corrected chi connectivity index (χ4v) is 3.50. The lowest BCUT2D eigenvalue weighted by molar-refractivity contribution is 0.460. The molecule has 3 nitrogen and oxygen atoms in total. The van der Waals surface area contributed by atoms with Gasteiger partial charge in [0.25, 0.3) is 0 Å². The van der Waals surface area contributed by atoms with Crippen LogP contribution in [0.25, 0.3) is 11.3 Å². The van der Waals surface area contributed by atoms with Crippen LogP contribution < -0.4 is 5.32 Å². The fourth-order valence-electron chi connectivity index (χ4n) is 2.55. The smallest absolute Gasteiger partial charge is 0.110 e. The van der Waals surface area contributed by atoms with E-state index in [0.29, 0.717) is 5.92 Å². The van der Waals surface area contributed by atoms with E-state index in [1.54, 1.807) is 11.3 Å².